The molecule has 5 rings (SSSR count). The molecule has 228 valence electrons. The first kappa shape index (κ1) is 30.7. The molecule has 0 spiro atoms. The molecule has 5 aromatic rings. The van der Waals surface area contributed by atoms with Gasteiger partial charge in [-0.25, -0.2) is 9.67 Å². The van der Waals surface area contributed by atoms with Crippen LogP contribution in [-0.4, -0.2) is 50.6 Å². The Morgan fingerprint density at radius 2 is 1.84 bits per heavy atom. The minimum atomic E-state index is -0.204. The number of hydrogen-bond acceptors (Lipinski definition) is 7. The number of anilines is 2. The molecule has 0 aliphatic heterocycles. The number of aryl methyl sites for hydroxylation is 4. The second-order valence-corrected chi connectivity index (χ2v) is 11.3. The molecular weight excluding hydrogens is 550 g/mol. The van der Waals surface area contributed by atoms with Crippen LogP contribution in [0.25, 0.3) is 11.0 Å². The van der Waals surface area contributed by atoms with Crippen molar-refractivity contribution < 1.29 is 9.53 Å². The Hall–Kier alpha value is -4.79. The van der Waals surface area contributed by atoms with Crippen LogP contribution < -0.4 is 15.0 Å². The highest BCUT2D eigenvalue weighted by Crippen LogP contribution is 2.36. The first-order valence-corrected chi connectivity index (χ1v) is 15.2. The van der Waals surface area contributed by atoms with Gasteiger partial charge >= 0.3 is 0 Å². The quantitative estimate of drug-likeness (QED) is 0.174. The van der Waals surface area contributed by atoms with Crippen LogP contribution in [0.4, 0.5) is 11.4 Å². The summed E-state index contributed by atoms with van der Waals surface area (Å²) in [4.78, 5) is 24.3. The largest absolute Gasteiger partial charge is 0.472 e. The van der Waals surface area contributed by atoms with E-state index in [4.69, 9.17) is 4.74 Å². The van der Waals surface area contributed by atoms with Crippen LogP contribution in [0, 0.1) is 20.8 Å². The number of nitrogens with one attached hydrogen (secondary N) is 1. The summed E-state index contributed by atoms with van der Waals surface area (Å²) in [5, 5.41) is 11.9. The number of carbonyl (C=O) groups excluding carboxylic acids is 1. The molecular formula is C35H41N7O2. The Morgan fingerprint density at radius 3 is 2.57 bits per heavy atom. The van der Waals surface area contributed by atoms with E-state index in [9.17, 15) is 4.79 Å². The van der Waals surface area contributed by atoms with E-state index in [1.807, 2.05) is 35.9 Å². The van der Waals surface area contributed by atoms with Gasteiger partial charge in [0.05, 0.1) is 23.9 Å². The van der Waals surface area contributed by atoms with E-state index < -0.39 is 0 Å². The van der Waals surface area contributed by atoms with Crippen molar-refractivity contribution in [1.29, 1.82) is 0 Å². The van der Waals surface area contributed by atoms with Crippen LogP contribution in [-0.2, 0) is 11.3 Å². The van der Waals surface area contributed by atoms with E-state index in [-0.39, 0.29) is 24.3 Å². The fourth-order valence-corrected chi connectivity index (χ4v) is 5.70. The predicted molar refractivity (Wildman–Crippen MR) is 175 cm³/mol. The van der Waals surface area contributed by atoms with E-state index in [1.54, 1.807) is 18.6 Å². The van der Waals surface area contributed by atoms with Crippen molar-refractivity contribution in [2.45, 2.75) is 66.0 Å². The molecule has 44 heavy (non-hydrogen) atoms. The van der Waals surface area contributed by atoms with Gasteiger partial charge in [0.25, 0.3) is 0 Å². The first-order valence-electron chi connectivity index (χ1n) is 15.2. The van der Waals surface area contributed by atoms with Crippen molar-refractivity contribution in [3.63, 3.8) is 0 Å². The minimum Gasteiger partial charge on any atom is -0.472 e. The highest BCUT2D eigenvalue weighted by atomic mass is 16.5. The second-order valence-electron chi connectivity index (χ2n) is 11.3. The summed E-state index contributed by atoms with van der Waals surface area (Å²) in [6.45, 7) is 11.8. The van der Waals surface area contributed by atoms with E-state index in [0.717, 1.165) is 57.5 Å². The Morgan fingerprint density at radius 1 is 1.02 bits per heavy atom. The monoisotopic (exact) mass is 591 g/mol. The number of likely N-dealkylation sites (N-methyl/N-ethyl adjacent to an activating group) is 1. The van der Waals surface area contributed by atoms with Gasteiger partial charge < -0.3 is 15.0 Å². The number of hydrogen-bond donors (Lipinski definition) is 1. The number of carbonyl (C=O) groups is 1. The van der Waals surface area contributed by atoms with Gasteiger partial charge in [-0.3, -0.25) is 9.78 Å². The molecule has 0 saturated heterocycles. The molecule has 0 aliphatic rings. The minimum absolute atomic E-state index is 0.0384. The van der Waals surface area contributed by atoms with E-state index >= 15 is 0 Å². The van der Waals surface area contributed by atoms with Crippen LogP contribution in [0.1, 0.15) is 60.4 Å². The maximum Gasteiger partial charge on any atom is 0.225 e. The number of amides is 1. The van der Waals surface area contributed by atoms with Crippen LogP contribution in [0.3, 0.4) is 0 Å². The third-order valence-corrected chi connectivity index (χ3v) is 8.21. The van der Waals surface area contributed by atoms with Crippen molar-refractivity contribution in [3.8, 4) is 5.88 Å². The number of rotatable bonds is 12. The lowest BCUT2D eigenvalue weighted by molar-refractivity contribution is -0.116. The van der Waals surface area contributed by atoms with Gasteiger partial charge in [-0.1, -0.05) is 36.4 Å². The van der Waals surface area contributed by atoms with E-state index in [0.29, 0.717) is 18.1 Å². The zero-order chi connectivity index (χ0) is 31.2. The topological polar surface area (TPSA) is 98.1 Å². The fraction of sp³-hybridized carbons (Fsp3) is 0.343. The molecule has 0 fully saturated rings. The Labute approximate surface area is 259 Å². The van der Waals surface area contributed by atoms with Crippen LogP contribution >= 0.6 is 0 Å². The summed E-state index contributed by atoms with van der Waals surface area (Å²) in [7, 11) is 2.09. The summed E-state index contributed by atoms with van der Waals surface area (Å²) >= 11 is 0. The van der Waals surface area contributed by atoms with Gasteiger partial charge in [-0.15, -0.1) is 5.10 Å². The number of aromatic nitrogens is 5. The van der Waals surface area contributed by atoms with Gasteiger partial charge in [0.1, 0.15) is 11.6 Å². The van der Waals surface area contributed by atoms with Gasteiger partial charge in [-0.2, -0.15) is 0 Å². The summed E-state index contributed by atoms with van der Waals surface area (Å²) in [5.74, 6) is 0.383. The lowest BCUT2D eigenvalue weighted by Crippen LogP contribution is -2.33. The molecule has 1 unspecified atom stereocenters. The highest BCUT2D eigenvalue weighted by molar-refractivity contribution is 5.91. The Balaban J connectivity index is 1.48. The normalized spacial score (nSPS) is 12.6. The lowest BCUT2D eigenvalue weighted by atomic mass is 9.84. The van der Waals surface area contributed by atoms with Crippen molar-refractivity contribution >= 4 is 28.3 Å². The zero-order valence-corrected chi connectivity index (χ0v) is 26.4. The summed E-state index contributed by atoms with van der Waals surface area (Å²) < 4.78 is 8.22. The molecule has 0 aliphatic carbocycles. The number of benzene rings is 2. The van der Waals surface area contributed by atoms with Gasteiger partial charge in [0.2, 0.25) is 11.8 Å². The number of fused-ring (bicyclic) bond motifs is 1. The number of ether oxygens (including phenoxy) is 1. The molecule has 1 N–H and O–H groups in total. The van der Waals surface area contributed by atoms with Gasteiger partial charge in [0, 0.05) is 49.6 Å². The SMILES string of the molecule is CC[C@H](CN(C)c1cc(C(CC(=O)Nc2cccnc2)c2ccc3c(nnn3CC)c2C)ccc1C)Oc1ncccc1C. The molecule has 0 bridgehead atoms. The average Bonchev–Trinajstić information content (AvgIpc) is 3.46. The summed E-state index contributed by atoms with van der Waals surface area (Å²) in [6.07, 6.45) is 6.17. The number of nitrogens with zero attached hydrogens (tertiary/aromatic N) is 6. The Bertz CT molecular complexity index is 1730. The molecule has 9 nitrogen and oxygen atoms in total. The fourth-order valence-electron chi connectivity index (χ4n) is 5.70. The molecule has 1 amide bonds. The zero-order valence-electron chi connectivity index (χ0n) is 26.4. The standard InChI is InChI=1S/C35H41N7O2/c1-7-28(44-35-24(4)11-9-18-37-35)22-41(6)32-19-26(14-13-23(32)3)30(20-33(43)38-27-12-10-17-36-21-27)29-15-16-31-34(25(29)5)39-40-42(31)8-2/h9-19,21,28,30H,7-8,20,22H2,1-6H3,(H,38,43)/t28-,30?/m1/s1. The molecule has 0 saturated carbocycles. The van der Waals surface area contributed by atoms with Crippen molar-refractivity contribution in [3.05, 3.63) is 101 Å². The average molecular weight is 592 g/mol. The van der Waals surface area contributed by atoms with Crippen molar-refractivity contribution in [1.82, 2.24) is 25.0 Å². The Kier molecular flexibility index (Phi) is 9.53. The lowest BCUT2D eigenvalue weighted by Gasteiger charge is -2.28. The van der Waals surface area contributed by atoms with E-state index in [2.05, 4.69) is 95.6 Å². The summed E-state index contributed by atoms with van der Waals surface area (Å²) in [5.41, 5.74) is 8.93. The maximum atomic E-state index is 13.5. The highest BCUT2D eigenvalue weighted by Gasteiger charge is 2.24. The summed E-state index contributed by atoms with van der Waals surface area (Å²) in [6, 6.07) is 18.3. The van der Waals surface area contributed by atoms with Crippen LogP contribution in [0.5, 0.6) is 5.88 Å². The predicted octanol–water partition coefficient (Wildman–Crippen LogP) is 6.62. The molecule has 9 heteroatoms. The smallest absolute Gasteiger partial charge is 0.225 e. The number of pyridine rings is 2. The molecule has 3 aromatic heterocycles. The van der Waals surface area contributed by atoms with Gasteiger partial charge in [-0.05, 0) is 86.7 Å². The maximum absolute atomic E-state index is 13.5. The van der Waals surface area contributed by atoms with E-state index in [1.165, 1.54) is 0 Å². The van der Waals surface area contributed by atoms with Crippen molar-refractivity contribution in [2.24, 2.45) is 0 Å². The van der Waals surface area contributed by atoms with Gasteiger partial charge in [0.15, 0.2) is 0 Å². The third kappa shape index (κ3) is 6.72. The first-order chi connectivity index (χ1) is 21.3. The van der Waals surface area contributed by atoms with Crippen LogP contribution in [0.15, 0.2) is 73.2 Å². The van der Waals surface area contributed by atoms with Crippen LogP contribution in [0.2, 0.25) is 0 Å². The molecule has 0 radical (unpaired) electrons. The molecule has 3 heterocycles. The molecule has 2 atom stereocenters. The molecule has 2 aromatic carbocycles. The van der Waals surface area contributed by atoms with Crippen molar-refractivity contribution in [2.75, 3.05) is 23.8 Å². The third-order valence-electron chi connectivity index (χ3n) is 8.21. The second kappa shape index (κ2) is 13.7.